The summed E-state index contributed by atoms with van der Waals surface area (Å²) < 4.78 is 5.85. The normalized spacial score (nSPS) is 22.3. The van der Waals surface area contributed by atoms with Gasteiger partial charge in [-0.25, -0.2) is 0 Å². The van der Waals surface area contributed by atoms with Crippen LogP contribution in [-0.4, -0.2) is 48.4 Å². The van der Waals surface area contributed by atoms with Crippen molar-refractivity contribution in [3.05, 3.63) is 46.7 Å². The smallest absolute Gasteiger partial charge is 0.241 e. The van der Waals surface area contributed by atoms with Crippen LogP contribution in [0.1, 0.15) is 31.1 Å². The molecule has 0 spiro atoms. The van der Waals surface area contributed by atoms with E-state index in [1.54, 1.807) is 11.3 Å². The van der Waals surface area contributed by atoms with Gasteiger partial charge in [0.25, 0.3) is 0 Å². The van der Waals surface area contributed by atoms with Gasteiger partial charge in [0.05, 0.1) is 18.3 Å². The zero-order valence-corrected chi connectivity index (χ0v) is 18.0. The van der Waals surface area contributed by atoms with E-state index in [0.29, 0.717) is 11.8 Å². The highest BCUT2D eigenvalue weighted by molar-refractivity contribution is 8.00. The molecule has 1 amide bonds. The van der Waals surface area contributed by atoms with Gasteiger partial charge < -0.3 is 9.64 Å². The number of nitrogens with zero attached hydrogens (tertiary/aromatic N) is 2. The minimum atomic E-state index is 0.191. The van der Waals surface area contributed by atoms with Gasteiger partial charge in [0.2, 0.25) is 5.91 Å². The first-order chi connectivity index (χ1) is 13.7. The molecule has 0 aliphatic carbocycles. The molecule has 2 aliphatic rings. The summed E-state index contributed by atoms with van der Waals surface area (Å²) in [5.74, 6) is 0.191. The van der Waals surface area contributed by atoms with Crippen molar-refractivity contribution in [1.82, 2.24) is 4.90 Å². The molecule has 0 radical (unpaired) electrons. The highest BCUT2D eigenvalue weighted by Crippen LogP contribution is 2.37. The summed E-state index contributed by atoms with van der Waals surface area (Å²) in [4.78, 5) is 20.2. The summed E-state index contributed by atoms with van der Waals surface area (Å²) in [6.45, 7) is 5.95. The van der Waals surface area contributed by atoms with Gasteiger partial charge in [0.15, 0.2) is 0 Å². The Morgan fingerprint density at radius 2 is 2.14 bits per heavy atom. The molecule has 1 saturated heterocycles. The van der Waals surface area contributed by atoms with Crippen LogP contribution in [-0.2, 0) is 16.1 Å². The number of rotatable bonds is 6. The van der Waals surface area contributed by atoms with Gasteiger partial charge in [0.1, 0.15) is 0 Å². The average molecular weight is 417 g/mol. The van der Waals surface area contributed by atoms with E-state index in [9.17, 15) is 4.79 Å². The van der Waals surface area contributed by atoms with Crippen molar-refractivity contribution < 1.29 is 9.53 Å². The SMILES string of the molecule is CC1CCN(C(=O)CN(Cc2cccs2)CC2CCCO2)c2ccccc2S1. The van der Waals surface area contributed by atoms with Crippen molar-refractivity contribution >= 4 is 34.7 Å². The number of anilines is 1. The number of benzene rings is 1. The number of carbonyl (C=O) groups excluding carboxylic acids is 1. The van der Waals surface area contributed by atoms with Crippen LogP contribution in [0.25, 0.3) is 0 Å². The standard InChI is InChI=1S/C22H28N2O2S2/c1-17-10-11-24(20-8-2-3-9-21(20)28-17)22(25)16-23(14-18-6-4-12-26-18)15-19-7-5-13-27-19/h2-3,5,7-9,13,17-18H,4,6,10-12,14-16H2,1H3. The molecule has 2 unspecified atom stereocenters. The number of para-hydroxylation sites is 1. The van der Waals surface area contributed by atoms with Crippen molar-refractivity contribution in [2.24, 2.45) is 0 Å². The Labute approximate surface area is 175 Å². The zero-order chi connectivity index (χ0) is 19.3. The minimum Gasteiger partial charge on any atom is -0.377 e. The molecule has 150 valence electrons. The van der Waals surface area contributed by atoms with Gasteiger partial charge in [-0.05, 0) is 42.8 Å². The second kappa shape index (κ2) is 9.44. The van der Waals surface area contributed by atoms with Crippen molar-refractivity contribution in [2.75, 3.05) is 31.1 Å². The Bertz CT molecular complexity index is 775. The van der Waals surface area contributed by atoms with Gasteiger partial charge >= 0.3 is 0 Å². The van der Waals surface area contributed by atoms with Gasteiger partial charge in [-0.3, -0.25) is 9.69 Å². The van der Waals surface area contributed by atoms with Crippen LogP contribution in [0.5, 0.6) is 0 Å². The maximum atomic E-state index is 13.4. The molecule has 2 atom stereocenters. The average Bonchev–Trinajstić information content (AvgIpc) is 3.34. The van der Waals surface area contributed by atoms with Gasteiger partial charge in [-0.1, -0.05) is 25.1 Å². The highest BCUT2D eigenvalue weighted by atomic mass is 32.2. The first kappa shape index (κ1) is 20.0. The molecular weight excluding hydrogens is 388 g/mol. The monoisotopic (exact) mass is 416 g/mol. The highest BCUT2D eigenvalue weighted by Gasteiger charge is 2.27. The predicted molar refractivity (Wildman–Crippen MR) is 117 cm³/mol. The number of ether oxygens (including phenoxy) is 1. The third-order valence-electron chi connectivity index (χ3n) is 5.35. The van der Waals surface area contributed by atoms with Crippen LogP contribution in [0.15, 0.2) is 46.7 Å². The third kappa shape index (κ3) is 4.98. The van der Waals surface area contributed by atoms with Crippen molar-refractivity contribution in [3.63, 3.8) is 0 Å². The van der Waals surface area contributed by atoms with E-state index in [1.807, 2.05) is 22.7 Å². The largest absolute Gasteiger partial charge is 0.377 e. The van der Waals surface area contributed by atoms with E-state index in [1.165, 1.54) is 9.77 Å². The van der Waals surface area contributed by atoms with Crippen LogP contribution < -0.4 is 4.90 Å². The third-order valence-corrected chi connectivity index (χ3v) is 7.45. The second-order valence-corrected chi connectivity index (χ2v) is 10.1. The molecule has 4 nitrogen and oxygen atoms in total. The molecule has 4 rings (SSSR count). The lowest BCUT2D eigenvalue weighted by Crippen LogP contribution is -2.43. The Morgan fingerprint density at radius 1 is 1.25 bits per heavy atom. The van der Waals surface area contributed by atoms with Crippen LogP contribution >= 0.6 is 23.1 Å². The molecule has 28 heavy (non-hydrogen) atoms. The molecule has 2 aliphatic heterocycles. The fourth-order valence-corrected chi connectivity index (χ4v) is 5.77. The summed E-state index contributed by atoms with van der Waals surface area (Å²) in [5.41, 5.74) is 1.06. The summed E-state index contributed by atoms with van der Waals surface area (Å²) in [7, 11) is 0. The van der Waals surface area contributed by atoms with Gasteiger partial charge in [0, 0.05) is 41.3 Å². The predicted octanol–water partition coefficient (Wildman–Crippen LogP) is 4.65. The van der Waals surface area contributed by atoms with E-state index in [-0.39, 0.29) is 12.0 Å². The van der Waals surface area contributed by atoms with Gasteiger partial charge in [-0.2, -0.15) is 0 Å². The van der Waals surface area contributed by atoms with Crippen molar-refractivity contribution in [2.45, 2.75) is 49.0 Å². The number of hydrogen-bond donors (Lipinski definition) is 0. The molecule has 6 heteroatoms. The fourth-order valence-electron chi connectivity index (χ4n) is 3.91. The maximum absolute atomic E-state index is 13.4. The first-order valence-corrected chi connectivity index (χ1v) is 11.9. The van der Waals surface area contributed by atoms with E-state index < -0.39 is 0 Å². The van der Waals surface area contributed by atoms with Crippen molar-refractivity contribution in [3.8, 4) is 0 Å². The van der Waals surface area contributed by atoms with Crippen molar-refractivity contribution in [1.29, 1.82) is 0 Å². The van der Waals surface area contributed by atoms with Crippen LogP contribution in [0.4, 0.5) is 5.69 Å². The Hall–Kier alpha value is -1.34. The number of thioether (sulfide) groups is 1. The van der Waals surface area contributed by atoms with Crippen LogP contribution in [0, 0.1) is 0 Å². The molecule has 0 bridgehead atoms. The zero-order valence-electron chi connectivity index (χ0n) is 16.4. The minimum absolute atomic E-state index is 0.191. The lowest BCUT2D eigenvalue weighted by atomic mass is 10.2. The first-order valence-electron chi connectivity index (χ1n) is 10.1. The lowest BCUT2D eigenvalue weighted by Gasteiger charge is -2.28. The number of carbonyl (C=O) groups is 1. The molecular formula is C22H28N2O2S2. The quantitative estimate of drug-likeness (QED) is 0.686. The van der Waals surface area contributed by atoms with Crippen LogP contribution in [0.3, 0.4) is 0 Å². The van der Waals surface area contributed by atoms with Gasteiger partial charge in [-0.15, -0.1) is 23.1 Å². The number of amides is 1. The Morgan fingerprint density at radius 3 is 2.93 bits per heavy atom. The number of thiophene rings is 1. The fraction of sp³-hybridized carbons (Fsp3) is 0.500. The number of hydrogen-bond acceptors (Lipinski definition) is 5. The summed E-state index contributed by atoms with van der Waals surface area (Å²) in [5, 5.41) is 2.62. The molecule has 1 aromatic carbocycles. The molecule has 1 aromatic heterocycles. The topological polar surface area (TPSA) is 32.8 Å². The van der Waals surface area contributed by atoms with E-state index >= 15 is 0 Å². The Balaban J connectivity index is 1.49. The summed E-state index contributed by atoms with van der Waals surface area (Å²) in [6.07, 6.45) is 3.48. The number of fused-ring (bicyclic) bond motifs is 1. The molecule has 1 fully saturated rings. The van der Waals surface area contributed by atoms with E-state index in [4.69, 9.17) is 4.74 Å². The Kier molecular flexibility index (Phi) is 6.73. The molecule has 3 heterocycles. The molecule has 0 saturated carbocycles. The summed E-state index contributed by atoms with van der Waals surface area (Å²) >= 11 is 3.63. The second-order valence-electron chi connectivity index (χ2n) is 7.61. The van der Waals surface area contributed by atoms with E-state index in [2.05, 4.69) is 47.5 Å². The lowest BCUT2D eigenvalue weighted by molar-refractivity contribution is -0.120. The summed E-state index contributed by atoms with van der Waals surface area (Å²) in [6, 6.07) is 12.5. The maximum Gasteiger partial charge on any atom is 0.241 e. The van der Waals surface area contributed by atoms with E-state index in [0.717, 1.165) is 51.2 Å². The molecule has 0 N–H and O–H groups in total. The molecule has 2 aromatic rings. The van der Waals surface area contributed by atoms with Crippen LogP contribution in [0.2, 0.25) is 0 Å².